The topological polar surface area (TPSA) is 111 Å². The van der Waals surface area contributed by atoms with Crippen LogP contribution in [0.3, 0.4) is 0 Å². The molecule has 0 aliphatic heterocycles. The van der Waals surface area contributed by atoms with Gasteiger partial charge in [-0.05, 0) is 29.5 Å². The SMILES string of the molecule is Cn1c(=O)[nH]c(=O)c2c1nc(NC1CCCCC1N)n2Cc1ccccc1-c1ccccc1. The third-order valence-corrected chi connectivity index (χ3v) is 6.57. The van der Waals surface area contributed by atoms with Crippen LogP contribution in [0.5, 0.6) is 0 Å². The summed E-state index contributed by atoms with van der Waals surface area (Å²) in [5, 5.41) is 3.50. The molecule has 0 spiro atoms. The first kappa shape index (κ1) is 21.2. The molecule has 33 heavy (non-hydrogen) atoms. The molecule has 0 bridgehead atoms. The van der Waals surface area contributed by atoms with Crippen molar-refractivity contribution in [3.63, 3.8) is 0 Å². The maximum atomic E-state index is 12.9. The van der Waals surface area contributed by atoms with Crippen LogP contribution in [-0.4, -0.2) is 31.2 Å². The van der Waals surface area contributed by atoms with E-state index in [4.69, 9.17) is 10.7 Å². The van der Waals surface area contributed by atoms with Gasteiger partial charge in [-0.1, -0.05) is 67.4 Å². The highest BCUT2D eigenvalue weighted by molar-refractivity contribution is 5.75. The fourth-order valence-electron chi connectivity index (χ4n) is 4.73. The quantitative estimate of drug-likeness (QED) is 0.438. The van der Waals surface area contributed by atoms with E-state index in [0.29, 0.717) is 23.7 Å². The number of nitrogens with one attached hydrogen (secondary N) is 2. The zero-order valence-corrected chi connectivity index (χ0v) is 18.6. The molecule has 0 radical (unpaired) electrons. The molecular weight excluding hydrogens is 416 g/mol. The Kier molecular flexibility index (Phi) is 5.60. The van der Waals surface area contributed by atoms with Crippen LogP contribution in [0.2, 0.25) is 0 Å². The van der Waals surface area contributed by atoms with Crippen molar-refractivity contribution in [2.45, 2.75) is 44.3 Å². The molecule has 2 heterocycles. The van der Waals surface area contributed by atoms with Gasteiger partial charge in [0.15, 0.2) is 11.2 Å². The summed E-state index contributed by atoms with van der Waals surface area (Å²) in [6.45, 7) is 0.424. The van der Waals surface area contributed by atoms with E-state index in [2.05, 4.69) is 34.6 Å². The van der Waals surface area contributed by atoms with E-state index in [1.807, 2.05) is 34.9 Å². The summed E-state index contributed by atoms with van der Waals surface area (Å²) in [5.41, 5.74) is 9.41. The van der Waals surface area contributed by atoms with Crippen molar-refractivity contribution in [3.05, 3.63) is 81.0 Å². The van der Waals surface area contributed by atoms with Crippen molar-refractivity contribution >= 4 is 17.1 Å². The number of imidazole rings is 1. The van der Waals surface area contributed by atoms with Crippen LogP contribution >= 0.6 is 0 Å². The first-order chi connectivity index (χ1) is 16.0. The lowest BCUT2D eigenvalue weighted by atomic mass is 9.91. The monoisotopic (exact) mass is 444 g/mol. The van der Waals surface area contributed by atoms with Crippen molar-refractivity contribution < 1.29 is 0 Å². The van der Waals surface area contributed by atoms with Crippen molar-refractivity contribution in [2.24, 2.45) is 12.8 Å². The summed E-state index contributed by atoms with van der Waals surface area (Å²) in [7, 11) is 1.62. The van der Waals surface area contributed by atoms with Gasteiger partial charge in [0.25, 0.3) is 5.56 Å². The predicted octanol–water partition coefficient (Wildman–Crippen LogP) is 2.82. The zero-order valence-electron chi connectivity index (χ0n) is 18.6. The molecule has 4 N–H and O–H groups in total. The molecule has 1 aliphatic rings. The fourth-order valence-corrected chi connectivity index (χ4v) is 4.73. The van der Waals surface area contributed by atoms with Gasteiger partial charge in [0.2, 0.25) is 5.95 Å². The molecule has 1 saturated carbocycles. The maximum Gasteiger partial charge on any atom is 0.329 e. The number of aromatic amines is 1. The number of H-pyrrole nitrogens is 1. The largest absolute Gasteiger partial charge is 0.351 e. The molecule has 8 heteroatoms. The highest BCUT2D eigenvalue weighted by atomic mass is 16.2. The first-order valence-electron chi connectivity index (χ1n) is 11.4. The van der Waals surface area contributed by atoms with Gasteiger partial charge in [-0.25, -0.2) is 4.79 Å². The second-order valence-electron chi connectivity index (χ2n) is 8.73. The molecule has 0 saturated heterocycles. The minimum Gasteiger partial charge on any atom is -0.351 e. The lowest BCUT2D eigenvalue weighted by Gasteiger charge is -2.29. The van der Waals surface area contributed by atoms with Gasteiger partial charge in [-0.2, -0.15) is 4.98 Å². The van der Waals surface area contributed by atoms with E-state index in [-0.39, 0.29) is 12.1 Å². The Bertz CT molecular complexity index is 1400. The Morgan fingerprint density at radius 1 is 1.06 bits per heavy atom. The number of hydrogen-bond donors (Lipinski definition) is 3. The Labute approximate surface area is 191 Å². The van der Waals surface area contributed by atoms with Crippen molar-refractivity contribution in [3.8, 4) is 11.1 Å². The predicted molar refractivity (Wildman–Crippen MR) is 130 cm³/mol. The molecule has 4 aromatic rings. The summed E-state index contributed by atoms with van der Waals surface area (Å²) in [4.78, 5) is 32.3. The lowest BCUT2D eigenvalue weighted by Crippen LogP contribution is -2.43. The zero-order chi connectivity index (χ0) is 22.9. The van der Waals surface area contributed by atoms with E-state index < -0.39 is 11.2 Å². The number of fused-ring (bicyclic) bond motifs is 1. The Balaban J connectivity index is 1.65. The Morgan fingerprint density at radius 2 is 1.79 bits per heavy atom. The van der Waals surface area contributed by atoms with E-state index >= 15 is 0 Å². The van der Waals surface area contributed by atoms with Crippen molar-refractivity contribution in [2.75, 3.05) is 5.32 Å². The standard InChI is InChI=1S/C25H28N6O2/c1-30-22-21(23(32)29-25(30)33)31(24(28-22)27-20-14-8-7-13-19(20)26)15-17-11-5-6-12-18(17)16-9-3-2-4-10-16/h2-6,9-12,19-20H,7-8,13-15,26H2,1H3,(H,27,28)(H,29,32,33). The molecule has 170 valence electrons. The fraction of sp³-hybridized carbons (Fsp3) is 0.320. The number of nitrogens with two attached hydrogens (primary N) is 1. The Hall–Kier alpha value is -3.65. The van der Waals surface area contributed by atoms with Gasteiger partial charge in [-0.3, -0.25) is 18.9 Å². The molecule has 2 aromatic carbocycles. The summed E-state index contributed by atoms with van der Waals surface area (Å²) in [6.07, 6.45) is 4.12. The summed E-state index contributed by atoms with van der Waals surface area (Å²) in [6, 6.07) is 18.4. The van der Waals surface area contributed by atoms with Crippen LogP contribution in [0.25, 0.3) is 22.3 Å². The first-order valence-corrected chi connectivity index (χ1v) is 11.4. The van der Waals surface area contributed by atoms with Gasteiger partial charge in [0, 0.05) is 19.1 Å². The molecule has 8 nitrogen and oxygen atoms in total. The number of hydrogen-bond acceptors (Lipinski definition) is 5. The molecule has 2 aromatic heterocycles. The van der Waals surface area contributed by atoms with E-state index in [9.17, 15) is 9.59 Å². The second kappa shape index (κ2) is 8.71. The number of anilines is 1. The number of nitrogens with zero attached hydrogens (tertiary/aromatic N) is 3. The van der Waals surface area contributed by atoms with Gasteiger partial charge in [0.1, 0.15) is 0 Å². The second-order valence-corrected chi connectivity index (χ2v) is 8.73. The highest BCUT2D eigenvalue weighted by Crippen LogP contribution is 2.28. The highest BCUT2D eigenvalue weighted by Gasteiger charge is 2.25. The van der Waals surface area contributed by atoms with E-state index in [0.717, 1.165) is 42.4 Å². The Morgan fingerprint density at radius 3 is 2.58 bits per heavy atom. The van der Waals surface area contributed by atoms with Gasteiger partial charge in [0.05, 0.1) is 6.54 Å². The van der Waals surface area contributed by atoms with Crippen LogP contribution in [0.1, 0.15) is 31.2 Å². The number of aryl methyl sites for hydroxylation is 1. The smallest absolute Gasteiger partial charge is 0.329 e. The average Bonchev–Trinajstić information content (AvgIpc) is 3.18. The molecule has 2 unspecified atom stereocenters. The molecular formula is C25H28N6O2. The molecule has 2 atom stereocenters. The van der Waals surface area contributed by atoms with Gasteiger partial charge in [-0.15, -0.1) is 0 Å². The van der Waals surface area contributed by atoms with E-state index in [1.165, 1.54) is 4.57 Å². The van der Waals surface area contributed by atoms with Gasteiger partial charge >= 0.3 is 5.69 Å². The average molecular weight is 445 g/mol. The summed E-state index contributed by atoms with van der Waals surface area (Å²) >= 11 is 0. The lowest BCUT2D eigenvalue weighted by molar-refractivity contribution is 0.401. The van der Waals surface area contributed by atoms with E-state index in [1.54, 1.807) is 7.05 Å². The number of aromatic nitrogens is 4. The van der Waals surface area contributed by atoms with Crippen LogP contribution in [0.4, 0.5) is 5.95 Å². The van der Waals surface area contributed by atoms with Crippen molar-refractivity contribution in [1.82, 2.24) is 19.1 Å². The summed E-state index contributed by atoms with van der Waals surface area (Å²) < 4.78 is 3.25. The normalized spacial score (nSPS) is 18.5. The minimum absolute atomic E-state index is 0.0192. The molecule has 0 amide bonds. The maximum absolute atomic E-state index is 12.9. The number of rotatable bonds is 5. The number of benzene rings is 2. The third-order valence-electron chi connectivity index (χ3n) is 6.57. The van der Waals surface area contributed by atoms with Gasteiger partial charge < -0.3 is 11.1 Å². The minimum atomic E-state index is -0.484. The third kappa shape index (κ3) is 3.98. The molecule has 1 aliphatic carbocycles. The summed E-state index contributed by atoms with van der Waals surface area (Å²) in [5.74, 6) is 0.557. The van der Waals surface area contributed by atoms with Crippen LogP contribution < -0.4 is 22.3 Å². The van der Waals surface area contributed by atoms with Crippen LogP contribution in [-0.2, 0) is 13.6 Å². The molecule has 5 rings (SSSR count). The molecule has 1 fully saturated rings. The van der Waals surface area contributed by atoms with Crippen LogP contribution in [0, 0.1) is 0 Å². The van der Waals surface area contributed by atoms with Crippen LogP contribution in [0.15, 0.2) is 64.2 Å². The van der Waals surface area contributed by atoms with Crippen molar-refractivity contribution in [1.29, 1.82) is 0 Å².